The molecule has 1 aliphatic rings. The van der Waals surface area contributed by atoms with Crippen molar-refractivity contribution in [1.82, 2.24) is 0 Å². The fourth-order valence-corrected chi connectivity index (χ4v) is 1.99. The summed E-state index contributed by atoms with van der Waals surface area (Å²) in [5, 5.41) is 0. The van der Waals surface area contributed by atoms with E-state index in [0.717, 1.165) is 32.3 Å². The van der Waals surface area contributed by atoms with Gasteiger partial charge in [-0.2, -0.15) is 0 Å². The van der Waals surface area contributed by atoms with Gasteiger partial charge in [0.1, 0.15) is 5.78 Å². The molecule has 0 radical (unpaired) electrons. The van der Waals surface area contributed by atoms with Crippen molar-refractivity contribution in [3.05, 3.63) is 0 Å². The second kappa shape index (κ2) is 5.38. The van der Waals surface area contributed by atoms with E-state index in [1.165, 1.54) is 0 Å². The highest BCUT2D eigenvalue weighted by molar-refractivity contribution is 5.83. The lowest BCUT2D eigenvalue weighted by atomic mass is 9.86. The van der Waals surface area contributed by atoms with Gasteiger partial charge < -0.3 is 4.74 Å². The first-order chi connectivity index (χ1) is 6.29. The monoisotopic (exact) mass is 184 g/mol. The van der Waals surface area contributed by atoms with Crippen LogP contribution in [-0.4, -0.2) is 19.0 Å². The molecule has 1 rings (SSSR count). The van der Waals surface area contributed by atoms with Gasteiger partial charge in [-0.3, -0.25) is 4.79 Å². The Hall–Kier alpha value is -0.370. The summed E-state index contributed by atoms with van der Waals surface area (Å²) in [4.78, 5) is 11.9. The van der Waals surface area contributed by atoms with E-state index in [2.05, 4.69) is 13.8 Å². The van der Waals surface area contributed by atoms with Gasteiger partial charge in [-0.05, 0) is 25.7 Å². The van der Waals surface area contributed by atoms with Crippen molar-refractivity contribution in [3.63, 3.8) is 0 Å². The van der Waals surface area contributed by atoms with Crippen molar-refractivity contribution in [2.24, 2.45) is 11.8 Å². The molecule has 1 unspecified atom stereocenters. The average molecular weight is 184 g/mol. The molecule has 13 heavy (non-hydrogen) atoms. The van der Waals surface area contributed by atoms with Crippen LogP contribution in [0.1, 0.15) is 39.5 Å². The maximum absolute atomic E-state index is 11.9. The number of carbonyl (C=O) groups excluding carboxylic acids is 1. The summed E-state index contributed by atoms with van der Waals surface area (Å²) in [5.41, 5.74) is 0. The molecule has 76 valence electrons. The molecule has 1 heterocycles. The molecule has 2 nitrogen and oxygen atoms in total. The van der Waals surface area contributed by atoms with E-state index < -0.39 is 0 Å². The lowest BCUT2D eigenvalue weighted by molar-refractivity contribution is -0.131. The van der Waals surface area contributed by atoms with Crippen molar-refractivity contribution in [2.75, 3.05) is 13.2 Å². The van der Waals surface area contributed by atoms with Crippen molar-refractivity contribution in [3.8, 4) is 0 Å². The molecule has 1 aliphatic heterocycles. The number of hydrogen-bond acceptors (Lipinski definition) is 2. The SMILES string of the molecule is CCC(CC)C(=O)C1CCCOC1. The van der Waals surface area contributed by atoms with E-state index in [1.807, 2.05) is 0 Å². The molecule has 0 amide bonds. The van der Waals surface area contributed by atoms with Gasteiger partial charge in [0.05, 0.1) is 6.61 Å². The van der Waals surface area contributed by atoms with Gasteiger partial charge in [0.2, 0.25) is 0 Å². The molecule has 1 atom stereocenters. The first-order valence-electron chi connectivity index (χ1n) is 5.41. The third-order valence-corrected chi connectivity index (χ3v) is 2.95. The van der Waals surface area contributed by atoms with Gasteiger partial charge >= 0.3 is 0 Å². The predicted octanol–water partition coefficient (Wildman–Crippen LogP) is 2.42. The lowest BCUT2D eigenvalue weighted by Crippen LogP contribution is -2.30. The summed E-state index contributed by atoms with van der Waals surface area (Å²) in [6.45, 7) is 5.69. The summed E-state index contributed by atoms with van der Waals surface area (Å²) in [6, 6.07) is 0. The first kappa shape index (κ1) is 10.7. The van der Waals surface area contributed by atoms with E-state index >= 15 is 0 Å². The van der Waals surface area contributed by atoms with Gasteiger partial charge in [-0.1, -0.05) is 13.8 Å². The molecule has 0 saturated carbocycles. The molecule has 1 fully saturated rings. The molecular weight excluding hydrogens is 164 g/mol. The van der Waals surface area contributed by atoms with Gasteiger partial charge in [0, 0.05) is 18.4 Å². The Morgan fingerprint density at radius 3 is 2.62 bits per heavy atom. The van der Waals surface area contributed by atoms with Crippen LogP contribution in [0.4, 0.5) is 0 Å². The second-order valence-corrected chi connectivity index (χ2v) is 3.83. The summed E-state index contributed by atoms with van der Waals surface area (Å²) >= 11 is 0. The Morgan fingerprint density at radius 1 is 1.46 bits per heavy atom. The van der Waals surface area contributed by atoms with E-state index in [1.54, 1.807) is 0 Å². The zero-order chi connectivity index (χ0) is 9.68. The fourth-order valence-electron chi connectivity index (χ4n) is 1.99. The van der Waals surface area contributed by atoms with Crippen LogP contribution < -0.4 is 0 Å². The van der Waals surface area contributed by atoms with Crippen LogP contribution in [0.3, 0.4) is 0 Å². The highest BCUT2D eigenvalue weighted by Crippen LogP contribution is 2.21. The zero-order valence-corrected chi connectivity index (χ0v) is 8.71. The van der Waals surface area contributed by atoms with Crippen molar-refractivity contribution >= 4 is 5.78 Å². The molecule has 0 N–H and O–H groups in total. The second-order valence-electron chi connectivity index (χ2n) is 3.83. The van der Waals surface area contributed by atoms with Crippen molar-refractivity contribution < 1.29 is 9.53 Å². The van der Waals surface area contributed by atoms with Gasteiger partial charge in [0.15, 0.2) is 0 Å². The van der Waals surface area contributed by atoms with E-state index in [9.17, 15) is 4.79 Å². The summed E-state index contributed by atoms with van der Waals surface area (Å²) in [5.74, 6) is 0.898. The number of ketones is 1. The van der Waals surface area contributed by atoms with Crippen molar-refractivity contribution in [1.29, 1.82) is 0 Å². The van der Waals surface area contributed by atoms with E-state index in [-0.39, 0.29) is 11.8 Å². The van der Waals surface area contributed by atoms with Crippen LogP contribution in [0.25, 0.3) is 0 Å². The number of hydrogen-bond donors (Lipinski definition) is 0. The van der Waals surface area contributed by atoms with E-state index in [0.29, 0.717) is 12.4 Å². The highest BCUT2D eigenvalue weighted by Gasteiger charge is 2.26. The third kappa shape index (κ3) is 2.80. The summed E-state index contributed by atoms with van der Waals surface area (Å²) in [7, 11) is 0. The van der Waals surface area contributed by atoms with Crippen LogP contribution in [0.15, 0.2) is 0 Å². The Kier molecular flexibility index (Phi) is 4.43. The molecule has 0 aromatic rings. The molecule has 0 aliphatic carbocycles. The minimum absolute atomic E-state index is 0.193. The molecule has 0 aromatic carbocycles. The van der Waals surface area contributed by atoms with Gasteiger partial charge in [0.25, 0.3) is 0 Å². The maximum Gasteiger partial charge on any atom is 0.141 e. The Labute approximate surface area is 80.7 Å². The number of rotatable bonds is 4. The summed E-state index contributed by atoms with van der Waals surface area (Å²) in [6.07, 6.45) is 4.05. The van der Waals surface area contributed by atoms with Gasteiger partial charge in [-0.15, -0.1) is 0 Å². The largest absolute Gasteiger partial charge is 0.381 e. The molecule has 1 saturated heterocycles. The Balaban J connectivity index is 2.44. The molecule has 0 spiro atoms. The number of ether oxygens (including phenoxy) is 1. The third-order valence-electron chi connectivity index (χ3n) is 2.95. The minimum Gasteiger partial charge on any atom is -0.381 e. The molecular formula is C11H20O2. The maximum atomic E-state index is 11.9. The lowest BCUT2D eigenvalue weighted by Gasteiger charge is -2.24. The fraction of sp³-hybridized carbons (Fsp3) is 0.909. The van der Waals surface area contributed by atoms with Gasteiger partial charge in [-0.25, -0.2) is 0 Å². The standard InChI is InChI=1S/C11H20O2/c1-3-9(4-2)11(12)10-6-5-7-13-8-10/h9-10H,3-8H2,1-2H3. The number of Topliss-reactive ketones (excluding diaryl/α,β-unsaturated/α-hetero) is 1. The first-order valence-corrected chi connectivity index (χ1v) is 5.41. The number of carbonyl (C=O) groups is 1. The molecule has 0 bridgehead atoms. The van der Waals surface area contributed by atoms with Crippen molar-refractivity contribution in [2.45, 2.75) is 39.5 Å². The van der Waals surface area contributed by atoms with Crippen LogP contribution in [0, 0.1) is 11.8 Å². The predicted molar refractivity (Wildman–Crippen MR) is 52.6 cm³/mol. The quantitative estimate of drug-likeness (QED) is 0.670. The highest BCUT2D eigenvalue weighted by atomic mass is 16.5. The normalized spacial score (nSPS) is 23.5. The smallest absolute Gasteiger partial charge is 0.141 e. The average Bonchev–Trinajstić information content (AvgIpc) is 2.21. The van der Waals surface area contributed by atoms with Crippen LogP contribution in [0.2, 0.25) is 0 Å². The molecule has 0 aromatic heterocycles. The van der Waals surface area contributed by atoms with E-state index in [4.69, 9.17) is 4.74 Å². The van der Waals surface area contributed by atoms with Crippen LogP contribution in [0.5, 0.6) is 0 Å². The minimum atomic E-state index is 0.193. The van der Waals surface area contributed by atoms with Crippen LogP contribution >= 0.6 is 0 Å². The molecule has 2 heteroatoms. The Morgan fingerprint density at radius 2 is 2.15 bits per heavy atom. The zero-order valence-electron chi connectivity index (χ0n) is 8.71. The van der Waals surface area contributed by atoms with Crippen LogP contribution in [-0.2, 0) is 9.53 Å². The summed E-state index contributed by atoms with van der Waals surface area (Å²) < 4.78 is 5.32. The Bertz CT molecular complexity index is 155. The topological polar surface area (TPSA) is 26.3 Å².